The van der Waals surface area contributed by atoms with Gasteiger partial charge in [-0.25, -0.2) is 0 Å². The van der Waals surface area contributed by atoms with E-state index in [-0.39, 0.29) is 0 Å². The molecule has 0 aromatic carbocycles. The highest BCUT2D eigenvalue weighted by Gasteiger charge is 2.37. The average Bonchev–Trinajstić information content (AvgIpc) is 2.18. The number of hydrogen-bond donors (Lipinski definition) is 0. The molecule has 76 valence electrons. The molecule has 2 aliphatic rings. The van der Waals surface area contributed by atoms with Gasteiger partial charge in [-0.2, -0.15) is 0 Å². The van der Waals surface area contributed by atoms with E-state index in [2.05, 4.69) is 13.8 Å². The molecule has 0 heteroatoms. The first kappa shape index (κ1) is 9.55. The van der Waals surface area contributed by atoms with Crippen molar-refractivity contribution in [2.24, 2.45) is 17.3 Å². The van der Waals surface area contributed by atoms with E-state index < -0.39 is 0 Å². The maximum absolute atomic E-state index is 2.51. The summed E-state index contributed by atoms with van der Waals surface area (Å²) in [6, 6.07) is 0. The summed E-state index contributed by atoms with van der Waals surface area (Å²) in [4.78, 5) is 0. The lowest BCUT2D eigenvalue weighted by atomic mass is 9.61. The van der Waals surface area contributed by atoms with E-state index in [9.17, 15) is 0 Å². The van der Waals surface area contributed by atoms with Crippen molar-refractivity contribution in [3.63, 3.8) is 0 Å². The Balaban J connectivity index is 1.98. The van der Waals surface area contributed by atoms with E-state index in [1.165, 1.54) is 38.5 Å². The van der Waals surface area contributed by atoms with Gasteiger partial charge in [-0.3, -0.25) is 0 Å². The molecule has 2 saturated carbocycles. The molecule has 0 radical (unpaired) electrons. The fourth-order valence-electron chi connectivity index (χ4n) is 3.52. The number of fused-ring (bicyclic) bond motifs is 1. The van der Waals surface area contributed by atoms with E-state index >= 15 is 0 Å². The van der Waals surface area contributed by atoms with Crippen LogP contribution in [-0.4, -0.2) is 0 Å². The lowest BCUT2D eigenvalue weighted by Gasteiger charge is -2.44. The number of hydrogen-bond acceptors (Lipinski definition) is 0. The van der Waals surface area contributed by atoms with Gasteiger partial charge in [0.05, 0.1) is 0 Å². The van der Waals surface area contributed by atoms with Crippen LogP contribution >= 0.6 is 0 Å². The Bertz CT molecular complexity index is 173. The Kier molecular flexibility index (Phi) is 2.67. The minimum atomic E-state index is 0.707. The van der Waals surface area contributed by atoms with Crippen LogP contribution in [0.4, 0.5) is 0 Å². The highest BCUT2D eigenvalue weighted by molar-refractivity contribution is 4.88. The third-order valence-corrected chi connectivity index (χ3v) is 4.79. The molecular formula is C13H24. The molecule has 13 heavy (non-hydrogen) atoms. The monoisotopic (exact) mass is 180 g/mol. The summed E-state index contributed by atoms with van der Waals surface area (Å²) in [5.41, 5.74) is 0.707. The molecular weight excluding hydrogens is 156 g/mol. The molecule has 0 amide bonds. The van der Waals surface area contributed by atoms with Crippen LogP contribution in [-0.2, 0) is 0 Å². The molecule has 2 rings (SSSR count). The first-order valence-corrected chi connectivity index (χ1v) is 6.23. The van der Waals surface area contributed by atoms with Crippen LogP contribution in [0.5, 0.6) is 0 Å². The Morgan fingerprint density at radius 3 is 2.46 bits per heavy atom. The quantitative estimate of drug-likeness (QED) is 0.561. The van der Waals surface area contributed by atoms with Crippen molar-refractivity contribution in [1.29, 1.82) is 0 Å². The third kappa shape index (κ3) is 1.92. The second kappa shape index (κ2) is 3.63. The fraction of sp³-hybridized carbons (Fsp3) is 1.00. The van der Waals surface area contributed by atoms with Gasteiger partial charge in [0.15, 0.2) is 0 Å². The summed E-state index contributed by atoms with van der Waals surface area (Å²) in [5, 5.41) is 0. The lowest BCUT2D eigenvalue weighted by Crippen LogP contribution is -2.33. The van der Waals surface area contributed by atoms with Crippen LogP contribution in [0.2, 0.25) is 0 Å². The predicted octanol–water partition coefficient (Wildman–Crippen LogP) is 4.39. The Labute approximate surface area is 83.1 Å². The molecule has 0 bridgehead atoms. The molecule has 2 fully saturated rings. The van der Waals surface area contributed by atoms with Gasteiger partial charge in [-0.1, -0.05) is 46.0 Å². The van der Waals surface area contributed by atoms with Crippen LogP contribution < -0.4 is 0 Å². The molecule has 3 unspecified atom stereocenters. The standard InChI is InChI=1S/C13H24/c1-3-13(2)9-8-11-6-4-5-7-12(11)10-13/h11-12H,3-10H2,1-2H3. The van der Waals surface area contributed by atoms with Crippen molar-refractivity contribution >= 4 is 0 Å². The SMILES string of the molecule is CCC1(C)CCC2CCCCC2C1. The molecule has 0 aliphatic heterocycles. The summed E-state index contributed by atoms with van der Waals surface area (Å²) in [7, 11) is 0. The van der Waals surface area contributed by atoms with Gasteiger partial charge in [0, 0.05) is 0 Å². The van der Waals surface area contributed by atoms with Crippen molar-refractivity contribution in [2.75, 3.05) is 0 Å². The first-order chi connectivity index (χ1) is 6.23. The summed E-state index contributed by atoms with van der Waals surface area (Å²) < 4.78 is 0. The van der Waals surface area contributed by atoms with Crippen LogP contribution in [0.3, 0.4) is 0 Å². The minimum Gasteiger partial charge on any atom is -0.0649 e. The second-order valence-corrected chi connectivity index (χ2v) is 5.71. The highest BCUT2D eigenvalue weighted by atomic mass is 14.4. The van der Waals surface area contributed by atoms with Gasteiger partial charge < -0.3 is 0 Å². The van der Waals surface area contributed by atoms with Gasteiger partial charge in [0.2, 0.25) is 0 Å². The van der Waals surface area contributed by atoms with Crippen molar-refractivity contribution < 1.29 is 0 Å². The Morgan fingerprint density at radius 2 is 1.77 bits per heavy atom. The van der Waals surface area contributed by atoms with Gasteiger partial charge in [-0.05, 0) is 36.5 Å². The zero-order valence-electron chi connectivity index (χ0n) is 9.31. The smallest absolute Gasteiger partial charge is 0.0326 e. The van der Waals surface area contributed by atoms with Crippen molar-refractivity contribution in [3.8, 4) is 0 Å². The summed E-state index contributed by atoms with van der Waals surface area (Å²) in [6.45, 7) is 4.89. The minimum absolute atomic E-state index is 0.707. The van der Waals surface area contributed by atoms with Gasteiger partial charge >= 0.3 is 0 Å². The average molecular weight is 180 g/mol. The molecule has 2 aliphatic carbocycles. The first-order valence-electron chi connectivity index (χ1n) is 6.23. The van der Waals surface area contributed by atoms with Crippen LogP contribution in [0, 0.1) is 17.3 Å². The summed E-state index contributed by atoms with van der Waals surface area (Å²) in [6.07, 6.45) is 12.1. The van der Waals surface area contributed by atoms with Crippen molar-refractivity contribution in [3.05, 3.63) is 0 Å². The second-order valence-electron chi connectivity index (χ2n) is 5.71. The molecule has 0 spiro atoms. The molecule has 0 saturated heterocycles. The molecule has 0 N–H and O–H groups in total. The van der Waals surface area contributed by atoms with Crippen LogP contribution in [0.25, 0.3) is 0 Å². The van der Waals surface area contributed by atoms with Crippen LogP contribution in [0.1, 0.15) is 65.2 Å². The zero-order valence-corrected chi connectivity index (χ0v) is 9.31. The van der Waals surface area contributed by atoms with E-state index in [1.54, 1.807) is 12.8 Å². The third-order valence-electron chi connectivity index (χ3n) is 4.79. The Hall–Kier alpha value is 0. The highest BCUT2D eigenvalue weighted by Crippen LogP contribution is 2.49. The Morgan fingerprint density at radius 1 is 1.08 bits per heavy atom. The maximum atomic E-state index is 2.51. The molecule has 0 heterocycles. The largest absolute Gasteiger partial charge is 0.0649 e. The summed E-state index contributed by atoms with van der Waals surface area (Å²) in [5.74, 6) is 2.22. The zero-order chi connectivity index (χ0) is 9.31. The van der Waals surface area contributed by atoms with E-state index in [0.717, 1.165) is 11.8 Å². The molecule has 0 aromatic rings. The van der Waals surface area contributed by atoms with Crippen molar-refractivity contribution in [2.45, 2.75) is 65.2 Å². The predicted molar refractivity (Wildman–Crippen MR) is 57.7 cm³/mol. The molecule has 0 nitrogen and oxygen atoms in total. The van der Waals surface area contributed by atoms with Crippen molar-refractivity contribution in [1.82, 2.24) is 0 Å². The van der Waals surface area contributed by atoms with E-state index in [4.69, 9.17) is 0 Å². The van der Waals surface area contributed by atoms with Crippen LogP contribution in [0.15, 0.2) is 0 Å². The summed E-state index contributed by atoms with van der Waals surface area (Å²) >= 11 is 0. The fourth-order valence-corrected chi connectivity index (χ4v) is 3.52. The van der Waals surface area contributed by atoms with E-state index in [1.807, 2.05) is 0 Å². The van der Waals surface area contributed by atoms with E-state index in [0.29, 0.717) is 5.41 Å². The molecule has 3 atom stereocenters. The van der Waals surface area contributed by atoms with Gasteiger partial charge in [0.25, 0.3) is 0 Å². The maximum Gasteiger partial charge on any atom is -0.0326 e. The molecule has 0 aromatic heterocycles. The number of rotatable bonds is 1. The lowest BCUT2D eigenvalue weighted by molar-refractivity contribution is 0.0684. The normalized spacial score (nSPS) is 45.7. The topological polar surface area (TPSA) is 0 Å². The van der Waals surface area contributed by atoms with Gasteiger partial charge in [0.1, 0.15) is 0 Å². The van der Waals surface area contributed by atoms with Gasteiger partial charge in [-0.15, -0.1) is 0 Å².